The van der Waals surface area contributed by atoms with Crippen molar-refractivity contribution in [2.75, 3.05) is 13.2 Å². The second-order valence-corrected chi connectivity index (χ2v) is 6.24. The van der Waals surface area contributed by atoms with Gasteiger partial charge < -0.3 is 19.8 Å². The predicted molar refractivity (Wildman–Crippen MR) is 103 cm³/mol. The molecule has 28 heavy (non-hydrogen) atoms. The van der Waals surface area contributed by atoms with Crippen LogP contribution in [-0.2, 0) is 4.79 Å². The maximum Gasteiger partial charge on any atom is 0.251 e. The number of nitrogens with one attached hydrogen (secondary N) is 2. The summed E-state index contributed by atoms with van der Waals surface area (Å²) in [6.07, 6.45) is 0. The molecule has 6 nitrogen and oxygen atoms in total. The molecule has 146 valence electrons. The SMILES string of the molecule is CCOc1cccc2cc([C@H](C)NC(=O)CNC(=O)c3ccc(F)cc3)oc12. The van der Waals surface area contributed by atoms with E-state index < -0.39 is 17.8 Å². The Hall–Kier alpha value is -3.35. The molecule has 0 saturated carbocycles. The normalized spacial score (nSPS) is 11.8. The molecule has 0 fully saturated rings. The van der Waals surface area contributed by atoms with E-state index >= 15 is 0 Å². The van der Waals surface area contributed by atoms with Crippen LogP contribution in [0, 0.1) is 5.82 Å². The van der Waals surface area contributed by atoms with Gasteiger partial charge in [0.05, 0.1) is 19.2 Å². The van der Waals surface area contributed by atoms with Crippen molar-refractivity contribution in [1.82, 2.24) is 10.6 Å². The molecule has 7 heteroatoms. The Bertz CT molecular complexity index is 982. The molecule has 0 aliphatic carbocycles. The fourth-order valence-corrected chi connectivity index (χ4v) is 2.77. The van der Waals surface area contributed by atoms with Crippen molar-refractivity contribution in [2.24, 2.45) is 0 Å². The zero-order chi connectivity index (χ0) is 20.1. The second-order valence-electron chi connectivity index (χ2n) is 6.24. The van der Waals surface area contributed by atoms with Gasteiger partial charge in [0.25, 0.3) is 5.91 Å². The Balaban J connectivity index is 1.59. The molecule has 0 bridgehead atoms. The number of benzene rings is 2. The summed E-state index contributed by atoms with van der Waals surface area (Å²) in [5.41, 5.74) is 0.910. The highest BCUT2D eigenvalue weighted by atomic mass is 19.1. The van der Waals surface area contributed by atoms with Crippen molar-refractivity contribution < 1.29 is 23.1 Å². The van der Waals surface area contributed by atoms with E-state index in [1.165, 1.54) is 24.3 Å². The van der Waals surface area contributed by atoms with Gasteiger partial charge in [-0.3, -0.25) is 9.59 Å². The minimum atomic E-state index is -0.451. The topological polar surface area (TPSA) is 80.6 Å². The molecule has 0 radical (unpaired) electrons. The lowest BCUT2D eigenvalue weighted by Gasteiger charge is -2.12. The van der Waals surface area contributed by atoms with Gasteiger partial charge in [0, 0.05) is 10.9 Å². The Kier molecular flexibility index (Phi) is 5.93. The number of carbonyl (C=O) groups is 2. The van der Waals surface area contributed by atoms with Crippen molar-refractivity contribution in [3.8, 4) is 5.75 Å². The van der Waals surface area contributed by atoms with E-state index in [1.54, 1.807) is 6.92 Å². The average molecular weight is 384 g/mol. The van der Waals surface area contributed by atoms with Crippen molar-refractivity contribution >= 4 is 22.8 Å². The van der Waals surface area contributed by atoms with Crippen LogP contribution in [0.3, 0.4) is 0 Å². The van der Waals surface area contributed by atoms with Gasteiger partial charge in [0.15, 0.2) is 11.3 Å². The van der Waals surface area contributed by atoms with Crippen molar-refractivity contribution in [2.45, 2.75) is 19.9 Å². The first-order valence-corrected chi connectivity index (χ1v) is 8.96. The minimum absolute atomic E-state index is 0.203. The molecule has 1 heterocycles. The molecule has 2 amide bonds. The fourth-order valence-electron chi connectivity index (χ4n) is 2.77. The average Bonchev–Trinajstić information content (AvgIpc) is 3.12. The summed E-state index contributed by atoms with van der Waals surface area (Å²) in [5, 5.41) is 6.16. The zero-order valence-corrected chi connectivity index (χ0v) is 15.6. The molecule has 0 aliphatic rings. The minimum Gasteiger partial charge on any atom is -0.490 e. The standard InChI is InChI=1S/C21H21FN2O4/c1-3-27-17-6-4-5-15-11-18(28-20(15)17)13(2)24-19(25)12-23-21(26)14-7-9-16(22)10-8-14/h4-11,13H,3,12H2,1-2H3,(H,23,26)(H,24,25)/t13-/m0/s1. The zero-order valence-electron chi connectivity index (χ0n) is 15.6. The van der Waals surface area contributed by atoms with Gasteiger partial charge in [0.2, 0.25) is 5.91 Å². The molecule has 0 unspecified atom stereocenters. The van der Waals surface area contributed by atoms with E-state index in [2.05, 4.69) is 10.6 Å². The summed E-state index contributed by atoms with van der Waals surface area (Å²) in [4.78, 5) is 24.1. The first-order chi connectivity index (χ1) is 13.5. The summed E-state index contributed by atoms with van der Waals surface area (Å²) >= 11 is 0. The maximum atomic E-state index is 12.9. The third kappa shape index (κ3) is 4.49. The summed E-state index contributed by atoms with van der Waals surface area (Å²) in [6.45, 7) is 4.00. The van der Waals surface area contributed by atoms with E-state index in [9.17, 15) is 14.0 Å². The highest BCUT2D eigenvalue weighted by Crippen LogP contribution is 2.31. The van der Waals surface area contributed by atoms with Crippen LogP contribution in [-0.4, -0.2) is 25.0 Å². The molecule has 1 atom stereocenters. The Morgan fingerprint density at radius 2 is 1.93 bits per heavy atom. The highest BCUT2D eigenvalue weighted by molar-refractivity contribution is 5.96. The molecular formula is C21H21FN2O4. The van der Waals surface area contributed by atoms with E-state index in [1.807, 2.05) is 31.2 Å². The predicted octanol–water partition coefficient (Wildman–Crippen LogP) is 3.58. The number of carbonyl (C=O) groups excluding carboxylic acids is 2. The summed E-state index contributed by atoms with van der Waals surface area (Å²) in [5.74, 6) is -0.0144. The molecular weight excluding hydrogens is 363 g/mol. The van der Waals surface area contributed by atoms with Crippen LogP contribution in [0.1, 0.15) is 36.0 Å². The van der Waals surface area contributed by atoms with Gasteiger partial charge in [-0.15, -0.1) is 0 Å². The van der Waals surface area contributed by atoms with Crippen LogP contribution in [0.15, 0.2) is 52.9 Å². The fraction of sp³-hybridized carbons (Fsp3) is 0.238. The van der Waals surface area contributed by atoms with Crippen molar-refractivity contribution in [3.05, 3.63) is 65.7 Å². The number of halogens is 1. The number of fused-ring (bicyclic) bond motifs is 1. The van der Waals surface area contributed by atoms with Gasteiger partial charge in [-0.1, -0.05) is 12.1 Å². The van der Waals surface area contributed by atoms with Crippen LogP contribution < -0.4 is 15.4 Å². The number of furan rings is 1. The molecule has 2 N–H and O–H groups in total. The van der Waals surface area contributed by atoms with Crippen molar-refractivity contribution in [1.29, 1.82) is 0 Å². The third-order valence-electron chi connectivity index (χ3n) is 4.15. The van der Waals surface area contributed by atoms with E-state index in [0.717, 1.165) is 5.39 Å². The van der Waals surface area contributed by atoms with Crippen molar-refractivity contribution in [3.63, 3.8) is 0 Å². The lowest BCUT2D eigenvalue weighted by atomic mass is 10.2. The number of ether oxygens (including phenoxy) is 1. The van der Waals surface area contributed by atoms with Gasteiger partial charge in [0.1, 0.15) is 11.6 Å². The third-order valence-corrected chi connectivity index (χ3v) is 4.15. The van der Waals surface area contributed by atoms with Crippen LogP contribution in [0.25, 0.3) is 11.0 Å². The Morgan fingerprint density at radius 1 is 1.18 bits per heavy atom. The lowest BCUT2D eigenvalue weighted by molar-refractivity contribution is -0.120. The lowest BCUT2D eigenvalue weighted by Crippen LogP contribution is -2.37. The molecule has 0 aliphatic heterocycles. The monoisotopic (exact) mass is 384 g/mol. The number of amides is 2. The van der Waals surface area contributed by atoms with Crippen LogP contribution in [0.5, 0.6) is 5.75 Å². The second kappa shape index (κ2) is 8.56. The summed E-state index contributed by atoms with van der Waals surface area (Å²) < 4.78 is 24.3. The number of para-hydroxylation sites is 1. The molecule has 3 rings (SSSR count). The van der Waals surface area contributed by atoms with E-state index in [0.29, 0.717) is 23.7 Å². The molecule has 3 aromatic rings. The quantitative estimate of drug-likeness (QED) is 0.653. The molecule has 1 aromatic heterocycles. The van der Waals surface area contributed by atoms with Gasteiger partial charge in [-0.05, 0) is 50.2 Å². The molecule has 0 spiro atoms. The number of hydrogen-bond acceptors (Lipinski definition) is 4. The number of hydrogen-bond donors (Lipinski definition) is 2. The largest absolute Gasteiger partial charge is 0.490 e. The van der Waals surface area contributed by atoms with E-state index in [-0.39, 0.29) is 18.0 Å². The van der Waals surface area contributed by atoms with E-state index in [4.69, 9.17) is 9.15 Å². The maximum absolute atomic E-state index is 12.9. The van der Waals surface area contributed by atoms with Crippen LogP contribution >= 0.6 is 0 Å². The highest BCUT2D eigenvalue weighted by Gasteiger charge is 2.17. The summed E-state index contributed by atoms with van der Waals surface area (Å²) in [6, 6.07) is 12.2. The molecule has 2 aromatic carbocycles. The first kappa shape index (κ1) is 19.4. The van der Waals surface area contributed by atoms with Gasteiger partial charge in [-0.25, -0.2) is 4.39 Å². The van der Waals surface area contributed by atoms with Gasteiger partial charge in [-0.2, -0.15) is 0 Å². The number of rotatable bonds is 7. The Morgan fingerprint density at radius 3 is 2.64 bits per heavy atom. The van der Waals surface area contributed by atoms with Gasteiger partial charge >= 0.3 is 0 Å². The first-order valence-electron chi connectivity index (χ1n) is 8.96. The molecule has 0 saturated heterocycles. The van der Waals surface area contributed by atoms with Crippen LogP contribution in [0.4, 0.5) is 4.39 Å². The summed E-state index contributed by atoms with van der Waals surface area (Å²) in [7, 11) is 0. The smallest absolute Gasteiger partial charge is 0.251 e. The van der Waals surface area contributed by atoms with Crippen LogP contribution in [0.2, 0.25) is 0 Å². The Labute approximate surface area is 161 Å².